The highest BCUT2D eigenvalue weighted by Gasteiger charge is 2.32. The average molecular weight is 297 g/mol. The second-order valence-electron chi connectivity index (χ2n) is 6.02. The van der Waals surface area contributed by atoms with E-state index in [1.165, 1.54) is 11.3 Å². The van der Waals surface area contributed by atoms with Crippen LogP contribution < -0.4 is 0 Å². The Kier molecular flexibility index (Phi) is 3.77. The standard InChI is InChI=1S/C14H19NO4S/c1-14(2,3)19-13(18)15(4)9-5-8-6-11(12(16)17)20-10(8)7-9/h6,9H,5,7H2,1-4H3,(H,16,17). The molecule has 0 spiro atoms. The van der Waals surface area contributed by atoms with Crippen LogP contribution in [0.25, 0.3) is 0 Å². The number of carboxylic acids is 1. The van der Waals surface area contributed by atoms with Crippen molar-refractivity contribution in [1.82, 2.24) is 4.90 Å². The molecule has 0 fully saturated rings. The minimum absolute atomic E-state index is 0.0499. The number of rotatable bonds is 2. The Hall–Kier alpha value is -1.56. The lowest BCUT2D eigenvalue weighted by molar-refractivity contribution is 0.0229. The Morgan fingerprint density at radius 1 is 1.40 bits per heavy atom. The highest BCUT2D eigenvalue weighted by atomic mass is 32.1. The third kappa shape index (κ3) is 3.12. The molecule has 1 aromatic rings. The minimum atomic E-state index is -0.888. The summed E-state index contributed by atoms with van der Waals surface area (Å²) in [6.45, 7) is 5.51. The number of carbonyl (C=O) groups is 2. The quantitative estimate of drug-likeness (QED) is 0.911. The summed E-state index contributed by atoms with van der Waals surface area (Å²) in [6.07, 6.45) is 1.05. The summed E-state index contributed by atoms with van der Waals surface area (Å²) in [5.41, 5.74) is 0.526. The first kappa shape index (κ1) is 14.8. The Bertz CT molecular complexity index is 520. The van der Waals surface area contributed by atoms with Crippen LogP contribution in [0.2, 0.25) is 0 Å². The smallest absolute Gasteiger partial charge is 0.410 e. The number of aromatic carboxylic acids is 1. The average Bonchev–Trinajstić information content (AvgIpc) is 2.82. The van der Waals surface area contributed by atoms with Crippen molar-refractivity contribution < 1.29 is 19.4 Å². The predicted molar refractivity (Wildman–Crippen MR) is 76.5 cm³/mol. The van der Waals surface area contributed by atoms with Crippen LogP contribution in [-0.4, -0.2) is 40.8 Å². The van der Waals surface area contributed by atoms with E-state index in [2.05, 4.69) is 0 Å². The van der Waals surface area contributed by atoms with E-state index in [4.69, 9.17) is 9.84 Å². The molecule has 20 heavy (non-hydrogen) atoms. The van der Waals surface area contributed by atoms with E-state index in [9.17, 15) is 9.59 Å². The van der Waals surface area contributed by atoms with Crippen LogP contribution in [0, 0.1) is 0 Å². The topological polar surface area (TPSA) is 66.8 Å². The lowest BCUT2D eigenvalue weighted by Gasteiger charge is -2.28. The van der Waals surface area contributed by atoms with Crippen molar-refractivity contribution >= 4 is 23.4 Å². The maximum absolute atomic E-state index is 12.0. The molecule has 2 rings (SSSR count). The van der Waals surface area contributed by atoms with Gasteiger partial charge in [0.15, 0.2) is 0 Å². The molecule has 1 aliphatic rings. The summed E-state index contributed by atoms with van der Waals surface area (Å²) in [6, 6.07) is 1.76. The molecule has 1 N–H and O–H groups in total. The molecule has 0 radical (unpaired) electrons. The van der Waals surface area contributed by atoms with E-state index in [-0.39, 0.29) is 12.1 Å². The molecule has 1 amide bonds. The Balaban J connectivity index is 2.02. The van der Waals surface area contributed by atoms with Crippen molar-refractivity contribution in [2.75, 3.05) is 7.05 Å². The zero-order valence-corrected chi connectivity index (χ0v) is 12.9. The Morgan fingerprint density at radius 2 is 2.05 bits per heavy atom. The molecule has 1 unspecified atom stereocenters. The largest absolute Gasteiger partial charge is 0.477 e. The van der Waals surface area contributed by atoms with Crippen molar-refractivity contribution in [3.05, 3.63) is 21.4 Å². The third-order valence-corrected chi connectivity index (χ3v) is 4.40. The molecule has 1 aromatic heterocycles. The first-order chi connectivity index (χ1) is 9.17. The van der Waals surface area contributed by atoms with E-state index in [0.29, 0.717) is 17.7 Å². The number of fused-ring (bicyclic) bond motifs is 1. The van der Waals surface area contributed by atoms with Crippen LogP contribution in [0.15, 0.2) is 6.07 Å². The summed E-state index contributed by atoms with van der Waals surface area (Å²) in [5.74, 6) is -0.888. The highest BCUT2D eigenvalue weighted by Crippen LogP contribution is 2.33. The van der Waals surface area contributed by atoms with Gasteiger partial charge in [-0.1, -0.05) is 0 Å². The third-order valence-electron chi connectivity index (χ3n) is 3.21. The number of thiophene rings is 1. The molecule has 6 heteroatoms. The van der Waals surface area contributed by atoms with Crippen molar-refractivity contribution in [2.24, 2.45) is 0 Å². The molecule has 0 bridgehead atoms. The number of carboxylic acid groups (broad SMARTS) is 1. The summed E-state index contributed by atoms with van der Waals surface area (Å²) in [7, 11) is 1.73. The first-order valence-corrected chi connectivity index (χ1v) is 7.29. The fraction of sp³-hybridized carbons (Fsp3) is 0.571. The van der Waals surface area contributed by atoms with Crippen LogP contribution in [0.1, 0.15) is 40.9 Å². The lowest BCUT2D eigenvalue weighted by atomic mass is 10.2. The molecule has 0 aromatic carbocycles. The summed E-state index contributed by atoms with van der Waals surface area (Å²) >= 11 is 1.30. The number of hydrogen-bond donors (Lipinski definition) is 1. The van der Waals surface area contributed by atoms with Crippen LogP contribution in [0.4, 0.5) is 4.79 Å². The molecule has 1 aliphatic carbocycles. The van der Waals surface area contributed by atoms with Crippen molar-refractivity contribution in [2.45, 2.75) is 45.3 Å². The van der Waals surface area contributed by atoms with Gasteiger partial charge in [-0.15, -0.1) is 11.3 Å². The van der Waals surface area contributed by atoms with E-state index in [1.54, 1.807) is 18.0 Å². The van der Waals surface area contributed by atoms with E-state index >= 15 is 0 Å². The maximum Gasteiger partial charge on any atom is 0.410 e. The fourth-order valence-corrected chi connectivity index (χ4v) is 3.32. The molecule has 0 aliphatic heterocycles. The molecule has 1 atom stereocenters. The predicted octanol–water partition coefficient (Wildman–Crippen LogP) is 2.78. The number of likely N-dealkylation sites (N-methyl/N-ethyl adjacent to an activating group) is 1. The van der Waals surface area contributed by atoms with Gasteiger partial charge < -0.3 is 14.7 Å². The van der Waals surface area contributed by atoms with Gasteiger partial charge in [-0.3, -0.25) is 0 Å². The highest BCUT2D eigenvalue weighted by molar-refractivity contribution is 7.14. The second-order valence-corrected chi connectivity index (χ2v) is 7.15. The van der Waals surface area contributed by atoms with Gasteiger partial charge in [0.05, 0.1) is 0 Å². The van der Waals surface area contributed by atoms with Gasteiger partial charge >= 0.3 is 12.1 Å². The maximum atomic E-state index is 12.0. The molecular formula is C14H19NO4S. The van der Waals surface area contributed by atoms with E-state index in [0.717, 1.165) is 10.4 Å². The lowest BCUT2D eigenvalue weighted by Crippen LogP contribution is -2.41. The number of ether oxygens (including phenoxy) is 1. The molecule has 0 saturated heterocycles. The van der Waals surface area contributed by atoms with Gasteiger partial charge in [0, 0.05) is 24.4 Å². The summed E-state index contributed by atoms with van der Waals surface area (Å²) < 4.78 is 5.35. The van der Waals surface area contributed by atoms with Gasteiger partial charge in [0.1, 0.15) is 10.5 Å². The number of amides is 1. The van der Waals surface area contributed by atoms with Crippen LogP contribution in [0.5, 0.6) is 0 Å². The minimum Gasteiger partial charge on any atom is -0.477 e. The molecule has 0 saturated carbocycles. The zero-order chi connectivity index (χ0) is 15.1. The van der Waals surface area contributed by atoms with Gasteiger partial charge in [-0.2, -0.15) is 0 Å². The molecular weight excluding hydrogens is 278 g/mol. The summed E-state index contributed by atoms with van der Waals surface area (Å²) in [4.78, 5) is 26.0. The van der Waals surface area contributed by atoms with E-state index < -0.39 is 11.6 Å². The van der Waals surface area contributed by atoms with Crippen molar-refractivity contribution in [1.29, 1.82) is 0 Å². The van der Waals surface area contributed by atoms with Crippen molar-refractivity contribution in [3.8, 4) is 0 Å². The monoisotopic (exact) mass is 297 g/mol. The SMILES string of the molecule is CN(C(=O)OC(C)(C)C)C1Cc2cc(C(=O)O)sc2C1. The van der Waals surface area contributed by atoms with E-state index in [1.807, 2.05) is 20.8 Å². The molecule has 110 valence electrons. The molecule has 1 heterocycles. The first-order valence-electron chi connectivity index (χ1n) is 6.48. The van der Waals surface area contributed by atoms with Crippen LogP contribution in [0.3, 0.4) is 0 Å². The van der Waals surface area contributed by atoms with Gasteiger partial charge in [-0.25, -0.2) is 9.59 Å². The fourth-order valence-electron chi connectivity index (χ4n) is 2.21. The number of nitrogens with zero attached hydrogens (tertiary/aromatic N) is 1. The van der Waals surface area contributed by atoms with Gasteiger partial charge in [-0.05, 0) is 38.8 Å². The Morgan fingerprint density at radius 3 is 2.55 bits per heavy atom. The van der Waals surface area contributed by atoms with Crippen LogP contribution >= 0.6 is 11.3 Å². The second kappa shape index (κ2) is 5.09. The van der Waals surface area contributed by atoms with Crippen molar-refractivity contribution in [3.63, 3.8) is 0 Å². The summed E-state index contributed by atoms with van der Waals surface area (Å²) in [5, 5.41) is 8.96. The molecule has 5 nitrogen and oxygen atoms in total. The van der Waals surface area contributed by atoms with Gasteiger partial charge in [0.25, 0.3) is 0 Å². The number of hydrogen-bond acceptors (Lipinski definition) is 4. The van der Waals surface area contributed by atoms with Crippen LogP contribution in [-0.2, 0) is 17.6 Å². The zero-order valence-electron chi connectivity index (χ0n) is 12.1. The van der Waals surface area contributed by atoms with Gasteiger partial charge in [0.2, 0.25) is 0 Å². The number of carbonyl (C=O) groups excluding carboxylic acids is 1. The Labute approximate surface area is 122 Å². The normalized spacial score (nSPS) is 17.7.